The molecule has 5 rings (SSSR count). The predicted molar refractivity (Wildman–Crippen MR) is 137 cm³/mol. The molecule has 1 amide bonds. The van der Waals surface area contributed by atoms with Crippen LogP contribution in [0.1, 0.15) is 18.4 Å². The fourth-order valence-corrected chi connectivity index (χ4v) is 7.71. The molecule has 3 aromatic heterocycles. The van der Waals surface area contributed by atoms with Gasteiger partial charge < -0.3 is 4.74 Å². The van der Waals surface area contributed by atoms with Crippen molar-refractivity contribution in [1.82, 2.24) is 14.3 Å². The summed E-state index contributed by atoms with van der Waals surface area (Å²) in [4.78, 5) is 24.3. The number of anilines is 1. The number of piperidine rings is 1. The minimum atomic E-state index is -3.51. The minimum Gasteiger partial charge on any atom is -0.497 e. The Bertz CT molecular complexity index is 1410. The Morgan fingerprint density at radius 2 is 1.94 bits per heavy atom. The Kier molecular flexibility index (Phi) is 6.83. The van der Waals surface area contributed by atoms with Crippen LogP contribution in [0.25, 0.3) is 10.2 Å². The lowest BCUT2D eigenvalue weighted by atomic mass is 9.96. The van der Waals surface area contributed by atoms with Gasteiger partial charge in [0, 0.05) is 37.5 Å². The number of hydrogen-bond acceptors (Lipinski definition) is 8. The van der Waals surface area contributed by atoms with Gasteiger partial charge in [-0.05, 0) is 54.1 Å². The van der Waals surface area contributed by atoms with Crippen molar-refractivity contribution in [2.45, 2.75) is 23.6 Å². The molecule has 0 bridgehead atoms. The number of hydrogen-bond donors (Lipinski definition) is 0. The molecule has 4 aromatic rings. The molecule has 0 N–H and O–H groups in total. The first-order chi connectivity index (χ1) is 17.0. The van der Waals surface area contributed by atoms with Gasteiger partial charge in [-0.15, -0.1) is 11.3 Å². The highest BCUT2D eigenvalue weighted by Crippen LogP contribution is 2.34. The summed E-state index contributed by atoms with van der Waals surface area (Å²) in [7, 11) is -1.91. The van der Waals surface area contributed by atoms with Gasteiger partial charge in [0.25, 0.3) is 10.0 Å². The quantitative estimate of drug-likeness (QED) is 0.353. The van der Waals surface area contributed by atoms with E-state index in [4.69, 9.17) is 9.72 Å². The normalized spacial score (nSPS) is 15.3. The third-order valence-corrected chi connectivity index (χ3v) is 10.4. The second-order valence-electron chi connectivity index (χ2n) is 8.22. The van der Waals surface area contributed by atoms with E-state index in [1.54, 1.807) is 41.9 Å². The zero-order valence-corrected chi connectivity index (χ0v) is 21.5. The molecule has 1 aliphatic heterocycles. The highest BCUT2D eigenvalue weighted by atomic mass is 32.2. The Balaban J connectivity index is 1.39. The molecule has 1 aliphatic rings. The van der Waals surface area contributed by atoms with Crippen molar-refractivity contribution in [2.24, 2.45) is 5.92 Å². The zero-order chi connectivity index (χ0) is 24.4. The Labute approximate surface area is 211 Å². The molecule has 11 heteroatoms. The smallest absolute Gasteiger partial charge is 0.252 e. The van der Waals surface area contributed by atoms with Crippen LogP contribution in [-0.2, 0) is 21.4 Å². The van der Waals surface area contributed by atoms with Crippen molar-refractivity contribution in [3.8, 4) is 5.75 Å². The van der Waals surface area contributed by atoms with Gasteiger partial charge in [-0.3, -0.25) is 14.7 Å². The molecule has 0 atom stereocenters. The Hall–Kier alpha value is -2.86. The summed E-state index contributed by atoms with van der Waals surface area (Å²) in [5.74, 6) is 0.384. The summed E-state index contributed by atoms with van der Waals surface area (Å²) >= 11 is 2.67. The van der Waals surface area contributed by atoms with Crippen LogP contribution < -0.4 is 9.64 Å². The molecule has 1 saturated heterocycles. The molecule has 0 radical (unpaired) electrons. The van der Waals surface area contributed by atoms with Crippen LogP contribution in [0.15, 0.2) is 64.4 Å². The number of benzene rings is 1. The van der Waals surface area contributed by atoms with Crippen LogP contribution in [0.5, 0.6) is 5.75 Å². The summed E-state index contributed by atoms with van der Waals surface area (Å²) < 4.78 is 33.9. The molecule has 4 heterocycles. The average Bonchev–Trinajstić information content (AvgIpc) is 3.58. The Morgan fingerprint density at radius 1 is 1.17 bits per heavy atom. The first kappa shape index (κ1) is 23.9. The van der Waals surface area contributed by atoms with Crippen molar-refractivity contribution in [2.75, 3.05) is 25.1 Å². The van der Waals surface area contributed by atoms with E-state index in [9.17, 15) is 13.2 Å². The van der Waals surface area contributed by atoms with E-state index in [1.165, 1.54) is 27.0 Å². The lowest BCUT2D eigenvalue weighted by Crippen LogP contribution is -2.44. The molecule has 0 saturated carbocycles. The number of thiophene rings is 1. The molecular weight excluding hydrogens is 504 g/mol. The molecule has 1 aromatic carbocycles. The van der Waals surface area contributed by atoms with Gasteiger partial charge in [0.1, 0.15) is 9.96 Å². The van der Waals surface area contributed by atoms with Crippen LogP contribution in [0.2, 0.25) is 0 Å². The molecule has 0 unspecified atom stereocenters. The number of ether oxygens (including phenoxy) is 1. The Morgan fingerprint density at radius 3 is 2.63 bits per heavy atom. The minimum absolute atomic E-state index is 0.0407. The van der Waals surface area contributed by atoms with Gasteiger partial charge in [0.15, 0.2) is 5.13 Å². The van der Waals surface area contributed by atoms with Gasteiger partial charge in [-0.25, -0.2) is 13.4 Å². The van der Waals surface area contributed by atoms with E-state index in [-0.39, 0.29) is 11.8 Å². The van der Waals surface area contributed by atoms with E-state index in [0.29, 0.717) is 47.6 Å². The maximum Gasteiger partial charge on any atom is 0.252 e. The number of amides is 1. The monoisotopic (exact) mass is 528 g/mol. The van der Waals surface area contributed by atoms with Crippen molar-refractivity contribution in [3.05, 3.63) is 65.8 Å². The van der Waals surface area contributed by atoms with Crippen molar-refractivity contribution in [1.29, 1.82) is 0 Å². The highest BCUT2D eigenvalue weighted by Gasteiger charge is 2.35. The number of fused-ring (bicyclic) bond motifs is 1. The number of sulfonamides is 1. The van der Waals surface area contributed by atoms with Crippen molar-refractivity contribution < 1.29 is 17.9 Å². The zero-order valence-electron chi connectivity index (χ0n) is 19.0. The SMILES string of the molecule is COc1ccc2sc(N(Cc3ccncc3)C(=O)C3CCN(S(=O)(=O)c4cccs4)CC3)nc2c1. The van der Waals surface area contributed by atoms with E-state index >= 15 is 0 Å². The molecular formula is C24H24N4O4S3. The number of pyridine rings is 1. The molecule has 0 spiro atoms. The highest BCUT2D eigenvalue weighted by molar-refractivity contribution is 7.91. The first-order valence-electron chi connectivity index (χ1n) is 11.1. The maximum atomic E-state index is 13.8. The number of rotatable bonds is 7. The third-order valence-electron chi connectivity index (χ3n) is 6.06. The molecule has 0 aliphatic carbocycles. The third kappa shape index (κ3) is 4.94. The molecule has 8 nitrogen and oxygen atoms in total. The van der Waals surface area contributed by atoms with E-state index in [1.807, 2.05) is 30.3 Å². The van der Waals surface area contributed by atoms with Crippen molar-refractivity contribution in [3.63, 3.8) is 0 Å². The van der Waals surface area contributed by atoms with Crippen LogP contribution in [0.3, 0.4) is 0 Å². The standard InChI is InChI=1S/C24H24N4O4S3/c1-32-19-4-5-21-20(15-19)26-24(34-21)28(16-17-6-10-25-11-7-17)23(29)18-8-12-27(13-9-18)35(30,31)22-3-2-14-33-22/h2-7,10-11,14-15,18H,8-9,12-13,16H2,1H3. The lowest BCUT2D eigenvalue weighted by Gasteiger charge is -2.32. The van der Waals surface area contributed by atoms with E-state index in [0.717, 1.165) is 15.8 Å². The lowest BCUT2D eigenvalue weighted by molar-refractivity contribution is -0.123. The van der Waals surface area contributed by atoms with E-state index < -0.39 is 10.0 Å². The van der Waals surface area contributed by atoms with Gasteiger partial charge in [0.2, 0.25) is 5.91 Å². The first-order valence-corrected chi connectivity index (χ1v) is 14.3. The number of methoxy groups -OCH3 is 1. The number of carbonyl (C=O) groups is 1. The summed E-state index contributed by atoms with van der Waals surface area (Å²) in [6.45, 7) is 1.000. The van der Waals surface area contributed by atoms with Gasteiger partial charge in [-0.1, -0.05) is 17.4 Å². The van der Waals surface area contributed by atoms with Crippen LogP contribution in [0, 0.1) is 5.92 Å². The fourth-order valence-electron chi connectivity index (χ4n) is 4.15. The molecule has 182 valence electrons. The number of aromatic nitrogens is 2. The average molecular weight is 529 g/mol. The summed E-state index contributed by atoms with van der Waals surface area (Å²) in [6, 6.07) is 12.8. The van der Waals surface area contributed by atoms with Gasteiger partial charge in [0.05, 0.1) is 23.9 Å². The summed E-state index contributed by atoms with van der Waals surface area (Å²) in [6.07, 6.45) is 4.34. The summed E-state index contributed by atoms with van der Waals surface area (Å²) in [5, 5.41) is 2.37. The second-order valence-corrected chi connectivity index (χ2v) is 12.3. The van der Waals surface area contributed by atoms with E-state index in [2.05, 4.69) is 4.98 Å². The van der Waals surface area contributed by atoms with Crippen LogP contribution >= 0.6 is 22.7 Å². The maximum absolute atomic E-state index is 13.8. The fraction of sp³-hybridized carbons (Fsp3) is 0.292. The second kappa shape index (κ2) is 10.0. The number of thiazole rings is 1. The summed E-state index contributed by atoms with van der Waals surface area (Å²) in [5.41, 5.74) is 1.72. The molecule has 1 fully saturated rings. The molecule has 35 heavy (non-hydrogen) atoms. The van der Waals surface area contributed by atoms with Gasteiger partial charge >= 0.3 is 0 Å². The van der Waals surface area contributed by atoms with Crippen molar-refractivity contribution >= 4 is 54.0 Å². The van der Waals surface area contributed by atoms with Gasteiger partial charge in [-0.2, -0.15) is 4.31 Å². The van der Waals surface area contributed by atoms with Crippen LogP contribution in [-0.4, -0.2) is 48.8 Å². The van der Waals surface area contributed by atoms with Crippen LogP contribution in [0.4, 0.5) is 5.13 Å². The number of carbonyl (C=O) groups excluding carboxylic acids is 1. The largest absolute Gasteiger partial charge is 0.497 e. The predicted octanol–water partition coefficient (Wildman–Crippen LogP) is 4.40. The topological polar surface area (TPSA) is 92.7 Å². The number of nitrogens with zero attached hydrogens (tertiary/aromatic N) is 4.